The van der Waals surface area contributed by atoms with Crippen LogP contribution in [-0.4, -0.2) is 35.7 Å². The SMILES string of the molecule is C[C@H](CCCN1CCCCC1)[C@H]1CC[C@H]2[C@@H]3CC[C@@H]4C[C@H](O)CC[C@]4(C)[C@H]3CC[C@]12C. The van der Waals surface area contributed by atoms with Crippen LogP contribution in [-0.2, 0) is 0 Å². The summed E-state index contributed by atoms with van der Waals surface area (Å²) in [7, 11) is 0. The summed E-state index contributed by atoms with van der Waals surface area (Å²) in [6, 6.07) is 0. The minimum atomic E-state index is -0.00914. The van der Waals surface area contributed by atoms with Crippen molar-refractivity contribution in [3.8, 4) is 0 Å². The molecule has 0 amide bonds. The van der Waals surface area contributed by atoms with Crippen molar-refractivity contribution in [1.29, 1.82) is 0 Å². The highest BCUT2D eigenvalue weighted by molar-refractivity contribution is 5.09. The van der Waals surface area contributed by atoms with Crippen LogP contribution in [0.3, 0.4) is 0 Å². The Kier molecular flexibility index (Phi) is 6.54. The van der Waals surface area contributed by atoms with Crippen molar-refractivity contribution < 1.29 is 5.11 Å². The fraction of sp³-hybridized carbons (Fsp3) is 1.00. The predicted octanol–water partition coefficient (Wildman–Crippen LogP) is 6.91. The third-order valence-corrected chi connectivity index (χ3v) is 12.0. The van der Waals surface area contributed by atoms with E-state index in [0.29, 0.717) is 10.8 Å². The van der Waals surface area contributed by atoms with E-state index >= 15 is 0 Å². The molecular weight excluding hydrogens is 378 g/mol. The molecule has 0 aromatic rings. The Balaban J connectivity index is 1.21. The van der Waals surface area contributed by atoms with Gasteiger partial charge in [0, 0.05) is 0 Å². The van der Waals surface area contributed by atoms with Gasteiger partial charge in [0.1, 0.15) is 0 Å². The minimum Gasteiger partial charge on any atom is -0.393 e. The molecule has 31 heavy (non-hydrogen) atoms. The molecule has 0 spiro atoms. The molecule has 1 heterocycles. The molecule has 0 aromatic heterocycles. The summed E-state index contributed by atoms with van der Waals surface area (Å²) in [4.78, 5) is 2.74. The van der Waals surface area contributed by atoms with Crippen molar-refractivity contribution in [2.45, 2.75) is 117 Å². The molecule has 178 valence electrons. The molecule has 0 bridgehead atoms. The number of rotatable bonds is 5. The third-order valence-electron chi connectivity index (χ3n) is 12.0. The second kappa shape index (κ2) is 8.94. The summed E-state index contributed by atoms with van der Waals surface area (Å²) in [5.41, 5.74) is 1.14. The number of aliphatic hydroxyl groups is 1. The van der Waals surface area contributed by atoms with Crippen molar-refractivity contribution >= 4 is 0 Å². The van der Waals surface area contributed by atoms with E-state index in [-0.39, 0.29) is 6.10 Å². The zero-order valence-electron chi connectivity index (χ0n) is 21.0. The van der Waals surface area contributed by atoms with Crippen LogP contribution < -0.4 is 0 Å². The zero-order chi connectivity index (χ0) is 21.6. The van der Waals surface area contributed by atoms with Crippen LogP contribution in [0.1, 0.15) is 111 Å². The summed E-state index contributed by atoms with van der Waals surface area (Å²) in [6.45, 7) is 12.0. The van der Waals surface area contributed by atoms with E-state index in [1.165, 1.54) is 96.7 Å². The molecule has 4 saturated carbocycles. The maximum Gasteiger partial charge on any atom is 0.0543 e. The third kappa shape index (κ3) is 4.05. The predicted molar refractivity (Wildman–Crippen MR) is 130 cm³/mol. The summed E-state index contributed by atoms with van der Waals surface area (Å²) in [5, 5.41) is 10.3. The first-order chi connectivity index (χ1) is 14.9. The van der Waals surface area contributed by atoms with Crippen molar-refractivity contribution in [3.05, 3.63) is 0 Å². The molecule has 1 aliphatic heterocycles. The van der Waals surface area contributed by atoms with Gasteiger partial charge < -0.3 is 10.0 Å². The lowest BCUT2D eigenvalue weighted by atomic mass is 9.44. The molecule has 0 unspecified atom stereocenters. The Labute approximate surface area is 192 Å². The second-order valence-corrected chi connectivity index (χ2v) is 13.3. The van der Waals surface area contributed by atoms with Crippen LogP contribution in [0.2, 0.25) is 0 Å². The molecule has 5 fully saturated rings. The number of hydrogen-bond donors (Lipinski definition) is 1. The van der Waals surface area contributed by atoms with E-state index in [1.54, 1.807) is 0 Å². The molecule has 0 aromatic carbocycles. The molecule has 1 saturated heterocycles. The highest BCUT2D eigenvalue weighted by Crippen LogP contribution is 2.68. The fourth-order valence-corrected chi connectivity index (χ4v) is 10.2. The summed E-state index contributed by atoms with van der Waals surface area (Å²) in [6.07, 6.45) is 19.5. The molecule has 4 aliphatic carbocycles. The van der Waals surface area contributed by atoms with Gasteiger partial charge in [0.05, 0.1) is 6.10 Å². The molecular formula is C29H51NO. The van der Waals surface area contributed by atoms with Gasteiger partial charge in [0.15, 0.2) is 0 Å². The van der Waals surface area contributed by atoms with Gasteiger partial charge in [-0.25, -0.2) is 0 Å². The first-order valence-corrected chi connectivity index (χ1v) is 14.3. The van der Waals surface area contributed by atoms with Crippen LogP contribution in [0.25, 0.3) is 0 Å². The smallest absolute Gasteiger partial charge is 0.0543 e. The Hall–Kier alpha value is -0.0800. The highest BCUT2D eigenvalue weighted by Gasteiger charge is 2.60. The lowest BCUT2D eigenvalue weighted by molar-refractivity contribution is -0.129. The average molecular weight is 430 g/mol. The van der Waals surface area contributed by atoms with Gasteiger partial charge in [-0.15, -0.1) is 0 Å². The van der Waals surface area contributed by atoms with Crippen LogP contribution in [0.15, 0.2) is 0 Å². The maximum absolute atomic E-state index is 10.3. The van der Waals surface area contributed by atoms with Crippen LogP contribution >= 0.6 is 0 Å². The molecule has 5 aliphatic rings. The molecule has 9 atom stereocenters. The molecule has 2 nitrogen and oxygen atoms in total. The van der Waals surface area contributed by atoms with E-state index in [4.69, 9.17) is 0 Å². The number of fused-ring (bicyclic) bond motifs is 5. The lowest BCUT2D eigenvalue weighted by Gasteiger charge is -2.61. The van der Waals surface area contributed by atoms with Gasteiger partial charge in [-0.3, -0.25) is 0 Å². The van der Waals surface area contributed by atoms with Crippen LogP contribution in [0, 0.1) is 46.3 Å². The highest BCUT2D eigenvalue weighted by atomic mass is 16.3. The monoisotopic (exact) mass is 429 g/mol. The number of nitrogens with zero attached hydrogens (tertiary/aromatic N) is 1. The van der Waals surface area contributed by atoms with E-state index in [1.807, 2.05) is 0 Å². The topological polar surface area (TPSA) is 23.5 Å². The number of piperidine rings is 1. The number of hydrogen-bond acceptors (Lipinski definition) is 2. The van der Waals surface area contributed by atoms with Crippen molar-refractivity contribution in [2.75, 3.05) is 19.6 Å². The van der Waals surface area contributed by atoms with Gasteiger partial charge in [-0.2, -0.15) is 0 Å². The number of likely N-dealkylation sites (tertiary alicyclic amines) is 1. The summed E-state index contributed by atoms with van der Waals surface area (Å²) < 4.78 is 0. The fourth-order valence-electron chi connectivity index (χ4n) is 10.2. The first-order valence-electron chi connectivity index (χ1n) is 14.3. The average Bonchev–Trinajstić information content (AvgIpc) is 3.12. The molecule has 1 N–H and O–H groups in total. The van der Waals surface area contributed by atoms with Gasteiger partial charge in [0.2, 0.25) is 0 Å². The quantitative estimate of drug-likeness (QED) is 0.513. The Morgan fingerprint density at radius 1 is 0.871 bits per heavy atom. The molecule has 2 heteroatoms. The standard InChI is InChI=1S/C29H51NO/c1-21(8-7-19-30-17-5-4-6-18-30)25-11-12-26-24-10-9-22-20-23(31)13-15-28(22,2)27(24)14-16-29(25,26)3/h21-27,31H,4-20H2,1-3H3/t21-,22-,23-,24+,25-,26+,27+,28+,29-/m1/s1. The number of aliphatic hydroxyl groups excluding tert-OH is 1. The van der Waals surface area contributed by atoms with Crippen molar-refractivity contribution in [1.82, 2.24) is 4.90 Å². The Bertz CT molecular complexity index is 614. The minimum absolute atomic E-state index is 0.00914. The van der Waals surface area contributed by atoms with E-state index in [2.05, 4.69) is 25.7 Å². The zero-order valence-corrected chi connectivity index (χ0v) is 21.0. The van der Waals surface area contributed by atoms with E-state index in [0.717, 1.165) is 48.3 Å². The largest absolute Gasteiger partial charge is 0.393 e. The second-order valence-electron chi connectivity index (χ2n) is 13.3. The summed E-state index contributed by atoms with van der Waals surface area (Å²) in [5.74, 6) is 5.61. The lowest BCUT2D eigenvalue weighted by Crippen LogP contribution is -2.54. The normalized spacial score (nSPS) is 49.2. The van der Waals surface area contributed by atoms with E-state index in [9.17, 15) is 5.11 Å². The van der Waals surface area contributed by atoms with Gasteiger partial charge in [0.25, 0.3) is 0 Å². The van der Waals surface area contributed by atoms with Gasteiger partial charge >= 0.3 is 0 Å². The van der Waals surface area contributed by atoms with Crippen LogP contribution in [0.5, 0.6) is 0 Å². The molecule has 0 radical (unpaired) electrons. The van der Waals surface area contributed by atoms with Crippen molar-refractivity contribution in [2.24, 2.45) is 46.3 Å². The van der Waals surface area contributed by atoms with Gasteiger partial charge in [-0.1, -0.05) is 27.2 Å². The van der Waals surface area contributed by atoms with E-state index < -0.39 is 0 Å². The van der Waals surface area contributed by atoms with Crippen molar-refractivity contribution in [3.63, 3.8) is 0 Å². The Morgan fingerprint density at radius 3 is 2.42 bits per heavy atom. The van der Waals surface area contributed by atoms with Crippen LogP contribution in [0.4, 0.5) is 0 Å². The Morgan fingerprint density at radius 2 is 1.61 bits per heavy atom. The summed E-state index contributed by atoms with van der Waals surface area (Å²) >= 11 is 0. The van der Waals surface area contributed by atoms with Gasteiger partial charge in [-0.05, 0) is 149 Å². The maximum atomic E-state index is 10.3. The molecule has 5 rings (SSSR count). The first kappa shape index (κ1) is 22.7.